The van der Waals surface area contributed by atoms with Crippen LogP contribution in [0.5, 0.6) is 0 Å². The van der Waals surface area contributed by atoms with Gasteiger partial charge in [0.1, 0.15) is 23.1 Å². The maximum Gasteiger partial charge on any atom is 0.182 e. The SMILES string of the molecule is Cc1cnc(-c2nn(Cc3ccccc3F)c3ncc(F)cc23)nc1N. The molecule has 4 aromatic rings. The van der Waals surface area contributed by atoms with E-state index in [-0.39, 0.29) is 18.2 Å². The predicted octanol–water partition coefficient (Wildman–Crippen LogP) is 3.11. The lowest BCUT2D eigenvalue weighted by Gasteiger charge is -2.04. The average molecular weight is 352 g/mol. The molecule has 26 heavy (non-hydrogen) atoms. The summed E-state index contributed by atoms with van der Waals surface area (Å²) in [5.41, 5.74) is 7.78. The second-order valence-corrected chi connectivity index (χ2v) is 5.88. The molecule has 0 aliphatic heterocycles. The number of pyridine rings is 1. The third kappa shape index (κ3) is 2.75. The number of halogens is 2. The topological polar surface area (TPSA) is 82.5 Å². The molecule has 0 spiro atoms. The molecule has 1 aromatic carbocycles. The number of rotatable bonds is 3. The highest BCUT2D eigenvalue weighted by atomic mass is 19.1. The number of nitrogens with two attached hydrogens (primary N) is 1. The standard InChI is InChI=1S/C18H14F2N6/c1-10-7-22-17(24-16(10)21)15-13-6-12(19)8-23-18(13)26(25-15)9-11-4-2-3-5-14(11)20/h2-8H,9H2,1H3,(H2,21,22,24). The Morgan fingerprint density at radius 3 is 2.69 bits per heavy atom. The van der Waals surface area contributed by atoms with E-state index in [0.717, 1.165) is 11.8 Å². The largest absolute Gasteiger partial charge is 0.383 e. The molecule has 130 valence electrons. The number of fused-ring (bicyclic) bond motifs is 1. The number of aromatic nitrogens is 5. The molecule has 0 radical (unpaired) electrons. The van der Waals surface area contributed by atoms with E-state index >= 15 is 0 Å². The lowest BCUT2D eigenvalue weighted by molar-refractivity contribution is 0.588. The summed E-state index contributed by atoms with van der Waals surface area (Å²) in [5, 5.41) is 4.88. The second kappa shape index (κ2) is 6.14. The number of nitrogen functional groups attached to an aromatic ring is 1. The maximum atomic E-state index is 14.0. The monoisotopic (exact) mass is 352 g/mol. The third-order valence-corrected chi connectivity index (χ3v) is 4.05. The van der Waals surface area contributed by atoms with Crippen LogP contribution in [0.15, 0.2) is 42.7 Å². The molecule has 0 amide bonds. The molecule has 0 aliphatic carbocycles. The summed E-state index contributed by atoms with van der Waals surface area (Å²) in [4.78, 5) is 12.6. The fraction of sp³-hybridized carbons (Fsp3) is 0.111. The molecule has 6 nitrogen and oxygen atoms in total. The number of nitrogens with zero attached hydrogens (tertiary/aromatic N) is 5. The molecule has 2 N–H and O–H groups in total. The minimum absolute atomic E-state index is 0.142. The van der Waals surface area contributed by atoms with Gasteiger partial charge < -0.3 is 5.73 Å². The summed E-state index contributed by atoms with van der Waals surface area (Å²) in [6.07, 6.45) is 2.67. The van der Waals surface area contributed by atoms with Crippen molar-refractivity contribution in [3.63, 3.8) is 0 Å². The molecule has 0 atom stereocenters. The van der Waals surface area contributed by atoms with Crippen LogP contribution < -0.4 is 5.73 Å². The molecule has 0 fully saturated rings. The normalized spacial score (nSPS) is 11.2. The molecule has 0 aliphatic rings. The van der Waals surface area contributed by atoms with Crippen LogP contribution >= 0.6 is 0 Å². The first-order valence-electron chi connectivity index (χ1n) is 7.88. The zero-order valence-corrected chi connectivity index (χ0v) is 13.8. The van der Waals surface area contributed by atoms with Gasteiger partial charge in [0.25, 0.3) is 0 Å². The minimum Gasteiger partial charge on any atom is -0.383 e. The van der Waals surface area contributed by atoms with Crippen LogP contribution in [0.3, 0.4) is 0 Å². The van der Waals surface area contributed by atoms with E-state index in [4.69, 9.17) is 5.73 Å². The van der Waals surface area contributed by atoms with Crippen molar-refractivity contribution in [1.82, 2.24) is 24.7 Å². The van der Waals surface area contributed by atoms with Crippen LogP contribution in [0.4, 0.5) is 14.6 Å². The van der Waals surface area contributed by atoms with Gasteiger partial charge in [-0.25, -0.2) is 28.4 Å². The number of benzene rings is 1. The number of anilines is 1. The van der Waals surface area contributed by atoms with E-state index < -0.39 is 5.82 Å². The van der Waals surface area contributed by atoms with E-state index in [0.29, 0.717) is 28.1 Å². The Bertz CT molecular complexity index is 1120. The first-order chi connectivity index (χ1) is 12.5. The van der Waals surface area contributed by atoms with Crippen molar-refractivity contribution < 1.29 is 8.78 Å². The van der Waals surface area contributed by atoms with Gasteiger partial charge in [-0.15, -0.1) is 0 Å². The fourth-order valence-corrected chi connectivity index (χ4v) is 2.67. The second-order valence-electron chi connectivity index (χ2n) is 5.88. The summed E-state index contributed by atoms with van der Waals surface area (Å²) < 4.78 is 29.3. The van der Waals surface area contributed by atoms with Crippen molar-refractivity contribution in [3.05, 3.63) is 65.5 Å². The Hall–Kier alpha value is -3.42. The Morgan fingerprint density at radius 2 is 1.92 bits per heavy atom. The Kier molecular flexibility index (Phi) is 3.80. The number of aryl methyl sites for hydroxylation is 1. The lowest BCUT2D eigenvalue weighted by atomic mass is 10.2. The Balaban J connectivity index is 1.89. The van der Waals surface area contributed by atoms with Crippen LogP contribution in [-0.2, 0) is 6.54 Å². The van der Waals surface area contributed by atoms with Crippen molar-refractivity contribution >= 4 is 16.9 Å². The summed E-state index contributed by atoms with van der Waals surface area (Å²) in [6, 6.07) is 7.69. The molecular formula is C18H14F2N6. The summed E-state index contributed by atoms with van der Waals surface area (Å²) >= 11 is 0. The minimum atomic E-state index is -0.510. The molecule has 3 heterocycles. The van der Waals surface area contributed by atoms with E-state index in [2.05, 4.69) is 20.1 Å². The molecule has 8 heteroatoms. The maximum absolute atomic E-state index is 14.0. The van der Waals surface area contributed by atoms with Crippen molar-refractivity contribution in [1.29, 1.82) is 0 Å². The van der Waals surface area contributed by atoms with E-state index in [9.17, 15) is 8.78 Å². The number of hydrogen-bond acceptors (Lipinski definition) is 5. The Morgan fingerprint density at radius 1 is 1.12 bits per heavy atom. The van der Waals surface area contributed by atoms with Crippen molar-refractivity contribution in [2.75, 3.05) is 5.73 Å². The molecule has 4 rings (SSSR count). The van der Waals surface area contributed by atoms with Crippen LogP contribution in [0.25, 0.3) is 22.6 Å². The molecular weight excluding hydrogens is 338 g/mol. The van der Waals surface area contributed by atoms with Crippen molar-refractivity contribution in [3.8, 4) is 11.5 Å². The summed E-state index contributed by atoms with van der Waals surface area (Å²) in [5.74, 6) is -0.283. The highest BCUT2D eigenvalue weighted by Crippen LogP contribution is 2.26. The van der Waals surface area contributed by atoms with Crippen LogP contribution in [0.2, 0.25) is 0 Å². The molecule has 0 unspecified atom stereocenters. The van der Waals surface area contributed by atoms with Gasteiger partial charge in [0.2, 0.25) is 0 Å². The summed E-state index contributed by atoms with van der Waals surface area (Å²) in [6.45, 7) is 1.93. The van der Waals surface area contributed by atoms with Gasteiger partial charge in [0, 0.05) is 17.3 Å². The molecule has 0 saturated heterocycles. The van der Waals surface area contributed by atoms with Crippen LogP contribution in [0.1, 0.15) is 11.1 Å². The van der Waals surface area contributed by atoms with Crippen molar-refractivity contribution in [2.24, 2.45) is 0 Å². The highest BCUT2D eigenvalue weighted by Gasteiger charge is 2.18. The van der Waals surface area contributed by atoms with E-state index in [1.54, 1.807) is 31.3 Å². The molecule has 3 aromatic heterocycles. The average Bonchev–Trinajstić information content (AvgIpc) is 2.97. The van der Waals surface area contributed by atoms with Gasteiger partial charge in [0.05, 0.1) is 18.1 Å². The fourth-order valence-electron chi connectivity index (χ4n) is 2.67. The first kappa shape index (κ1) is 16.1. The van der Waals surface area contributed by atoms with Gasteiger partial charge in [-0.3, -0.25) is 0 Å². The van der Waals surface area contributed by atoms with Gasteiger partial charge >= 0.3 is 0 Å². The number of hydrogen-bond donors (Lipinski definition) is 1. The van der Waals surface area contributed by atoms with Gasteiger partial charge in [-0.1, -0.05) is 18.2 Å². The lowest BCUT2D eigenvalue weighted by Crippen LogP contribution is -2.05. The zero-order chi connectivity index (χ0) is 18.3. The quantitative estimate of drug-likeness (QED) is 0.613. The highest BCUT2D eigenvalue weighted by molar-refractivity contribution is 5.89. The van der Waals surface area contributed by atoms with E-state index in [1.165, 1.54) is 16.8 Å². The third-order valence-electron chi connectivity index (χ3n) is 4.05. The van der Waals surface area contributed by atoms with Gasteiger partial charge in [-0.2, -0.15) is 5.10 Å². The Labute approximate surface area is 147 Å². The predicted molar refractivity (Wildman–Crippen MR) is 93.2 cm³/mol. The smallest absolute Gasteiger partial charge is 0.182 e. The summed E-state index contributed by atoms with van der Waals surface area (Å²) in [7, 11) is 0. The van der Waals surface area contributed by atoms with Gasteiger partial charge in [-0.05, 0) is 19.1 Å². The van der Waals surface area contributed by atoms with Gasteiger partial charge in [0.15, 0.2) is 11.5 Å². The first-order valence-corrected chi connectivity index (χ1v) is 7.88. The van der Waals surface area contributed by atoms with Crippen LogP contribution in [0, 0.1) is 18.6 Å². The van der Waals surface area contributed by atoms with Crippen molar-refractivity contribution in [2.45, 2.75) is 13.5 Å². The van der Waals surface area contributed by atoms with Crippen LogP contribution in [-0.4, -0.2) is 24.7 Å². The molecule has 0 saturated carbocycles. The zero-order valence-electron chi connectivity index (χ0n) is 13.8. The van der Waals surface area contributed by atoms with E-state index in [1.807, 2.05) is 0 Å². The molecule has 0 bridgehead atoms.